The van der Waals surface area contributed by atoms with Crippen molar-refractivity contribution in [3.05, 3.63) is 63.1 Å². The van der Waals surface area contributed by atoms with Gasteiger partial charge in [0.15, 0.2) is 0 Å². The summed E-state index contributed by atoms with van der Waals surface area (Å²) in [5, 5.41) is 12.4. The third-order valence-corrected chi connectivity index (χ3v) is 3.39. The van der Waals surface area contributed by atoms with Crippen LogP contribution in [0.2, 0.25) is 5.02 Å². The Morgan fingerprint density at radius 1 is 1.21 bits per heavy atom. The highest BCUT2D eigenvalue weighted by molar-refractivity contribution is 9.10. The Bertz CT molecular complexity index is 599. The molecule has 0 saturated carbocycles. The van der Waals surface area contributed by atoms with Gasteiger partial charge in [0.1, 0.15) is 5.75 Å². The van der Waals surface area contributed by atoms with Crippen molar-refractivity contribution in [3.63, 3.8) is 0 Å². The molecular formula is C14H11BrClNO2. The van der Waals surface area contributed by atoms with E-state index in [2.05, 4.69) is 21.2 Å². The first-order chi connectivity index (χ1) is 9.06. The van der Waals surface area contributed by atoms with Crippen molar-refractivity contribution >= 4 is 33.4 Å². The highest BCUT2D eigenvalue weighted by Gasteiger charge is 2.10. The summed E-state index contributed by atoms with van der Waals surface area (Å²) in [5.41, 5.74) is 1.33. The molecule has 0 aliphatic heterocycles. The Labute approximate surface area is 124 Å². The first kappa shape index (κ1) is 13.9. The fourth-order valence-corrected chi connectivity index (χ4v) is 2.13. The topological polar surface area (TPSA) is 49.3 Å². The number of aromatic hydroxyl groups is 1. The minimum atomic E-state index is -0.237. The van der Waals surface area contributed by atoms with Crippen molar-refractivity contribution in [2.45, 2.75) is 6.54 Å². The molecule has 0 aromatic heterocycles. The number of hydrogen-bond donors (Lipinski definition) is 2. The Morgan fingerprint density at radius 2 is 1.89 bits per heavy atom. The van der Waals surface area contributed by atoms with Crippen LogP contribution >= 0.6 is 27.5 Å². The fraction of sp³-hybridized carbons (Fsp3) is 0.0714. The lowest BCUT2D eigenvalue weighted by atomic mass is 10.2. The van der Waals surface area contributed by atoms with Gasteiger partial charge in [-0.2, -0.15) is 0 Å². The van der Waals surface area contributed by atoms with Crippen LogP contribution in [0.1, 0.15) is 15.9 Å². The van der Waals surface area contributed by atoms with Crippen molar-refractivity contribution in [2.75, 3.05) is 0 Å². The smallest absolute Gasteiger partial charge is 0.253 e. The Morgan fingerprint density at radius 3 is 2.58 bits per heavy atom. The molecule has 0 unspecified atom stereocenters. The molecule has 0 spiro atoms. The fourth-order valence-electron chi connectivity index (χ4n) is 1.56. The van der Waals surface area contributed by atoms with E-state index in [4.69, 9.17) is 16.7 Å². The van der Waals surface area contributed by atoms with Crippen molar-refractivity contribution in [2.24, 2.45) is 0 Å². The minimum absolute atomic E-state index is 0.199. The lowest BCUT2D eigenvalue weighted by Crippen LogP contribution is -2.23. The molecule has 2 aromatic rings. The normalized spacial score (nSPS) is 10.2. The monoisotopic (exact) mass is 339 g/mol. The van der Waals surface area contributed by atoms with Crippen LogP contribution in [0.5, 0.6) is 5.75 Å². The van der Waals surface area contributed by atoms with Gasteiger partial charge >= 0.3 is 0 Å². The molecule has 2 aromatic carbocycles. The summed E-state index contributed by atoms with van der Waals surface area (Å²) in [4.78, 5) is 12.0. The van der Waals surface area contributed by atoms with Gasteiger partial charge in [0.25, 0.3) is 5.91 Å². The van der Waals surface area contributed by atoms with E-state index >= 15 is 0 Å². The Kier molecular flexibility index (Phi) is 4.45. The molecule has 5 heteroatoms. The maximum absolute atomic E-state index is 12.0. The number of carbonyl (C=O) groups excluding carboxylic acids is 1. The third-order valence-electron chi connectivity index (χ3n) is 2.56. The van der Waals surface area contributed by atoms with Crippen LogP contribution in [-0.2, 0) is 6.54 Å². The van der Waals surface area contributed by atoms with E-state index in [1.807, 2.05) is 0 Å². The number of amides is 1. The molecule has 98 valence electrons. The zero-order valence-electron chi connectivity index (χ0n) is 9.86. The molecule has 3 nitrogen and oxygen atoms in total. The van der Waals surface area contributed by atoms with Gasteiger partial charge in [-0.15, -0.1) is 0 Å². The second-order valence-electron chi connectivity index (χ2n) is 3.97. The van der Waals surface area contributed by atoms with Crippen LogP contribution in [0.3, 0.4) is 0 Å². The first-order valence-electron chi connectivity index (χ1n) is 5.57. The maximum Gasteiger partial charge on any atom is 0.253 e. The lowest BCUT2D eigenvalue weighted by Gasteiger charge is -2.07. The van der Waals surface area contributed by atoms with E-state index in [1.165, 1.54) is 0 Å². The van der Waals surface area contributed by atoms with Crippen molar-refractivity contribution in [3.8, 4) is 5.75 Å². The zero-order chi connectivity index (χ0) is 13.8. The average Bonchev–Trinajstić information content (AvgIpc) is 2.40. The summed E-state index contributed by atoms with van der Waals surface area (Å²) in [6, 6.07) is 11.8. The van der Waals surface area contributed by atoms with E-state index < -0.39 is 0 Å². The van der Waals surface area contributed by atoms with E-state index in [0.29, 0.717) is 17.1 Å². The number of hydrogen-bond acceptors (Lipinski definition) is 2. The third kappa shape index (κ3) is 3.72. The summed E-state index contributed by atoms with van der Waals surface area (Å²) in [6.07, 6.45) is 0. The van der Waals surface area contributed by atoms with Crippen LogP contribution in [0.4, 0.5) is 0 Å². The van der Waals surface area contributed by atoms with Crippen LogP contribution in [0.15, 0.2) is 46.9 Å². The number of phenolic OH excluding ortho intramolecular Hbond substituents is 1. The Balaban J connectivity index is 2.05. The van der Waals surface area contributed by atoms with E-state index in [9.17, 15) is 4.79 Å². The van der Waals surface area contributed by atoms with Crippen molar-refractivity contribution in [1.29, 1.82) is 0 Å². The number of benzene rings is 2. The molecule has 0 aliphatic rings. The summed E-state index contributed by atoms with van der Waals surface area (Å²) in [5.74, 6) is -0.0375. The van der Waals surface area contributed by atoms with E-state index in [0.717, 1.165) is 10.0 Å². The first-order valence-corrected chi connectivity index (χ1v) is 6.74. The Hall–Kier alpha value is -1.52. The van der Waals surface area contributed by atoms with Gasteiger partial charge < -0.3 is 10.4 Å². The van der Waals surface area contributed by atoms with Gasteiger partial charge in [0, 0.05) is 11.0 Å². The van der Waals surface area contributed by atoms with Gasteiger partial charge in [-0.25, -0.2) is 0 Å². The molecule has 0 bridgehead atoms. The van der Waals surface area contributed by atoms with Crippen LogP contribution < -0.4 is 5.32 Å². The summed E-state index contributed by atoms with van der Waals surface area (Å²) in [6.45, 7) is 0.377. The predicted molar refractivity (Wildman–Crippen MR) is 78.4 cm³/mol. The molecule has 0 atom stereocenters. The highest BCUT2D eigenvalue weighted by atomic mass is 79.9. The van der Waals surface area contributed by atoms with Gasteiger partial charge in [0.05, 0.1) is 10.6 Å². The van der Waals surface area contributed by atoms with Gasteiger partial charge in [-0.3, -0.25) is 4.79 Å². The number of carbonyl (C=O) groups is 1. The number of phenols is 1. The number of rotatable bonds is 3. The molecule has 2 rings (SSSR count). The zero-order valence-corrected chi connectivity index (χ0v) is 12.2. The molecular weight excluding hydrogens is 330 g/mol. The highest BCUT2D eigenvalue weighted by Crippen LogP contribution is 2.21. The van der Waals surface area contributed by atoms with Crippen molar-refractivity contribution in [1.82, 2.24) is 5.32 Å². The average molecular weight is 341 g/mol. The second kappa shape index (κ2) is 6.08. The van der Waals surface area contributed by atoms with Gasteiger partial charge in [-0.05, 0) is 35.9 Å². The largest absolute Gasteiger partial charge is 0.508 e. The van der Waals surface area contributed by atoms with E-state index in [-0.39, 0.29) is 11.7 Å². The predicted octanol–water partition coefficient (Wildman–Crippen LogP) is 3.74. The minimum Gasteiger partial charge on any atom is -0.508 e. The summed E-state index contributed by atoms with van der Waals surface area (Å²) < 4.78 is 0.798. The lowest BCUT2D eigenvalue weighted by molar-refractivity contribution is 0.0951. The molecule has 0 saturated heterocycles. The summed E-state index contributed by atoms with van der Waals surface area (Å²) >= 11 is 9.28. The van der Waals surface area contributed by atoms with Crippen LogP contribution in [0.25, 0.3) is 0 Å². The number of nitrogens with one attached hydrogen (secondary N) is 1. The number of halogens is 2. The van der Waals surface area contributed by atoms with E-state index in [1.54, 1.807) is 42.5 Å². The maximum atomic E-state index is 12.0. The molecule has 0 heterocycles. The molecule has 0 fully saturated rings. The van der Waals surface area contributed by atoms with Crippen LogP contribution in [-0.4, -0.2) is 11.0 Å². The molecule has 1 amide bonds. The standard InChI is InChI=1S/C14H11BrClNO2/c15-10-3-6-13(16)12(7-10)14(19)17-8-9-1-4-11(18)5-2-9/h1-7,18H,8H2,(H,17,19). The second-order valence-corrected chi connectivity index (χ2v) is 5.30. The molecule has 0 radical (unpaired) electrons. The SMILES string of the molecule is O=C(NCc1ccc(O)cc1)c1cc(Br)ccc1Cl. The quantitative estimate of drug-likeness (QED) is 0.894. The molecule has 2 N–H and O–H groups in total. The van der Waals surface area contributed by atoms with Crippen molar-refractivity contribution < 1.29 is 9.90 Å². The van der Waals surface area contributed by atoms with Gasteiger partial charge in [-0.1, -0.05) is 39.7 Å². The van der Waals surface area contributed by atoms with Gasteiger partial charge in [0.2, 0.25) is 0 Å². The summed E-state index contributed by atoms with van der Waals surface area (Å²) in [7, 11) is 0. The van der Waals surface area contributed by atoms with Crippen LogP contribution in [0, 0.1) is 0 Å². The molecule has 19 heavy (non-hydrogen) atoms. The molecule has 0 aliphatic carbocycles.